The standard InChI is InChI=1S/C21H28N2O4S/c1-6-18(17-11-12-20(27-4)16(3)13-17)22-21(24)14-23(28(5,25)26)19-10-8-7-9-15(19)2/h7-13,18H,6,14H2,1-5H3,(H,22,24)/t18-/m0/s1. The number of hydrogen-bond acceptors (Lipinski definition) is 4. The molecule has 2 aromatic carbocycles. The molecule has 0 spiro atoms. The van der Waals surface area contributed by atoms with Crippen LogP contribution in [0.3, 0.4) is 0 Å². The van der Waals surface area contributed by atoms with E-state index in [2.05, 4.69) is 5.32 Å². The molecule has 0 saturated heterocycles. The number of nitrogens with zero attached hydrogens (tertiary/aromatic N) is 1. The van der Waals surface area contributed by atoms with Gasteiger partial charge in [0, 0.05) is 0 Å². The van der Waals surface area contributed by atoms with E-state index >= 15 is 0 Å². The Balaban J connectivity index is 2.21. The lowest BCUT2D eigenvalue weighted by molar-refractivity contribution is -0.120. The van der Waals surface area contributed by atoms with Crippen LogP contribution in [0.2, 0.25) is 0 Å². The molecule has 0 fully saturated rings. The largest absolute Gasteiger partial charge is 0.496 e. The molecule has 0 saturated carbocycles. The van der Waals surface area contributed by atoms with Crippen molar-refractivity contribution >= 4 is 21.6 Å². The Bertz CT molecular complexity index is 941. The molecule has 0 aliphatic rings. The molecule has 2 aromatic rings. The van der Waals surface area contributed by atoms with Gasteiger partial charge >= 0.3 is 0 Å². The number of hydrogen-bond donors (Lipinski definition) is 1. The van der Waals surface area contributed by atoms with Crippen LogP contribution >= 0.6 is 0 Å². The van der Waals surface area contributed by atoms with Crippen LogP contribution in [0, 0.1) is 13.8 Å². The number of sulfonamides is 1. The van der Waals surface area contributed by atoms with E-state index in [1.807, 2.05) is 51.1 Å². The molecule has 2 rings (SSSR count). The minimum absolute atomic E-state index is 0.213. The minimum atomic E-state index is -3.60. The van der Waals surface area contributed by atoms with Crippen LogP contribution in [-0.2, 0) is 14.8 Å². The number of benzene rings is 2. The van der Waals surface area contributed by atoms with E-state index in [4.69, 9.17) is 4.74 Å². The Kier molecular flexibility index (Phi) is 7.07. The van der Waals surface area contributed by atoms with Gasteiger partial charge in [-0.2, -0.15) is 0 Å². The van der Waals surface area contributed by atoms with Gasteiger partial charge in [-0.25, -0.2) is 8.42 Å². The Labute approximate surface area is 167 Å². The quantitative estimate of drug-likeness (QED) is 0.732. The molecule has 1 amide bonds. The third kappa shape index (κ3) is 5.25. The van der Waals surface area contributed by atoms with Crippen LogP contribution in [0.5, 0.6) is 5.75 Å². The van der Waals surface area contributed by atoms with Crippen molar-refractivity contribution in [2.75, 3.05) is 24.2 Å². The molecule has 1 atom stereocenters. The third-order valence-electron chi connectivity index (χ3n) is 4.64. The summed E-state index contributed by atoms with van der Waals surface area (Å²) in [4.78, 5) is 12.7. The summed E-state index contributed by atoms with van der Waals surface area (Å²) in [6.45, 7) is 5.47. The minimum Gasteiger partial charge on any atom is -0.496 e. The number of amides is 1. The Morgan fingerprint density at radius 3 is 2.36 bits per heavy atom. The van der Waals surface area contributed by atoms with Gasteiger partial charge in [0.05, 0.1) is 25.1 Å². The van der Waals surface area contributed by atoms with Gasteiger partial charge in [-0.3, -0.25) is 9.10 Å². The van der Waals surface area contributed by atoms with Crippen LogP contribution in [-0.4, -0.2) is 34.2 Å². The molecule has 0 heterocycles. The van der Waals surface area contributed by atoms with Gasteiger partial charge < -0.3 is 10.1 Å². The number of rotatable bonds is 8. The zero-order chi connectivity index (χ0) is 20.9. The average Bonchev–Trinajstić information content (AvgIpc) is 2.64. The van der Waals surface area contributed by atoms with Crippen molar-refractivity contribution in [3.05, 3.63) is 59.2 Å². The van der Waals surface area contributed by atoms with E-state index in [0.29, 0.717) is 12.1 Å². The molecule has 0 aromatic heterocycles. The number of anilines is 1. The van der Waals surface area contributed by atoms with Crippen LogP contribution < -0.4 is 14.4 Å². The van der Waals surface area contributed by atoms with E-state index in [0.717, 1.165) is 33.0 Å². The topological polar surface area (TPSA) is 75.7 Å². The van der Waals surface area contributed by atoms with Crippen LogP contribution in [0.1, 0.15) is 36.1 Å². The van der Waals surface area contributed by atoms with Gasteiger partial charge in [0.15, 0.2) is 0 Å². The first-order valence-corrected chi connectivity index (χ1v) is 11.0. The van der Waals surface area contributed by atoms with Crippen molar-refractivity contribution in [1.29, 1.82) is 0 Å². The molecule has 1 N–H and O–H groups in total. The second-order valence-corrected chi connectivity index (χ2v) is 8.72. The summed E-state index contributed by atoms with van der Waals surface area (Å²) in [6, 6.07) is 12.7. The predicted molar refractivity (Wildman–Crippen MR) is 112 cm³/mol. The summed E-state index contributed by atoms with van der Waals surface area (Å²) in [5, 5.41) is 2.95. The first-order valence-electron chi connectivity index (χ1n) is 9.14. The van der Waals surface area contributed by atoms with Crippen molar-refractivity contribution in [2.45, 2.75) is 33.2 Å². The van der Waals surface area contributed by atoms with E-state index < -0.39 is 10.0 Å². The second kappa shape index (κ2) is 9.10. The maximum absolute atomic E-state index is 12.7. The number of carbonyl (C=O) groups excluding carboxylic acids is 1. The maximum Gasteiger partial charge on any atom is 0.241 e. The molecular weight excluding hydrogens is 376 g/mol. The van der Waals surface area contributed by atoms with E-state index in [9.17, 15) is 13.2 Å². The van der Waals surface area contributed by atoms with Gasteiger partial charge in [-0.15, -0.1) is 0 Å². The highest BCUT2D eigenvalue weighted by molar-refractivity contribution is 7.92. The lowest BCUT2D eigenvalue weighted by atomic mass is 10.0. The zero-order valence-electron chi connectivity index (χ0n) is 17.0. The highest BCUT2D eigenvalue weighted by atomic mass is 32.2. The van der Waals surface area contributed by atoms with Crippen molar-refractivity contribution < 1.29 is 17.9 Å². The monoisotopic (exact) mass is 404 g/mol. The third-order valence-corrected chi connectivity index (χ3v) is 5.76. The van der Waals surface area contributed by atoms with Crippen molar-refractivity contribution in [2.24, 2.45) is 0 Å². The fraction of sp³-hybridized carbons (Fsp3) is 0.381. The molecule has 28 heavy (non-hydrogen) atoms. The number of methoxy groups -OCH3 is 1. The van der Waals surface area contributed by atoms with Gasteiger partial charge in [-0.05, 0) is 49.1 Å². The van der Waals surface area contributed by atoms with Gasteiger partial charge in [0.2, 0.25) is 15.9 Å². The molecule has 0 unspecified atom stereocenters. The summed E-state index contributed by atoms with van der Waals surface area (Å²) >= 11 is 0. The van der Waals surface area contributed by atoms with Crippen LogP contribution in [0.15, 0.2) is 42.5 Å². The van der Waals surface area contributed by atoms with E-state index in [1.165, 1.54) is 0 Å². The molecule has 7 heteroatoms. The van der Waals surface area contributed by atoms with E-state index in [1.54, 1.807) is 19.2 Å². The zero-order valence-corrected chi connectivity index (χ0v) is 17.8. The number of ether oxygens (including phenoxy) is 1. The van der Waals surface area contributed by atoms with Crippen LogP contribution in [0.25, 0.3) is 0 Å². The fourth-order valence-corrected chi connectivity index (χ4v) is 4.05. The molecule has 0 aliphatic heterocycles. The normalized spacial score (nSPS) is 12.3. The smallest absolute Gasteiger partial charge is 0.241 e. The summed E-state index contributed by atoms with van der Waals surface area (Å²) in [6.07, 6.45) is 1.79. The number of nitrogens with one attached hydrogen (secondary N) is 1. The molecular formula is C21H28N2O4S. The van der Waals surface area contributed by atoms with Gasteiger partial charge in [0.1, 0.15) is 12.3 Å². The second-order valence-electron chi connectivity index (χ2n) is 6.81. The molecule has 152 valence electrons. The molecule has 0 bridgehead atoms. The summed E-state index contributed by atoms with van der Waals surface area (Å²) in [5.41, 5.74) is 3.23. The number of para-hydroxylation sites is 1. The van der Waals surface area contributed by atoms with Crippen molar-refractivity contribution in [1.82, 2.24) is 5.32 Å². The summed E-state index contributed by atoms with van der Waals surface area (Å²) in [5.74, 6) is 0.432. The van der Waals surface area contributed by atoms with E-state index in [-0.39, 0.29) is 18.5 Å². The van der Waals surface area contributed by atoms with Gasteiger partial charge in [-0.1, -0.05) is 37.3 Å². The Morgan fingerprint density at radius 1 is 1.14 bits per heavy atom. The number of aryl methyl sites for hydroxylation is 2. The Morgan fingerprint density at radius 2 is 1.82 bits per heavy atom. The number of carbonyl (C=O) groups is 1. The SMILES string of the molecule is CC[C@H](NC(=O)CN(c1ccccc1C)S(C)(=O)=O)c1ccc(OC)c(C)c1. The lowest BCUT2D eigenvalue weighted by Crippen LogP contribution is -2.41. The predicted octanol–water partition coefficient (Wildman–Crippen LogP) is 3.35. The first-order chi connectivity index (χ1) is 13.2. The maximum atomic E-state index is 12.7. The highest BCUT2D eigenvalue weighted by Gasteiger charge is 2.23. The highest BCUT2D eigenvalue weighted by Crippen LogP contribution is 2.25. The van der Waals surface area contributed by atoms with Crippen molar-refractivity contribution in [3.63, 3.8) is 0 Å². The average molecular weight is 405 g/mol. The fourth-order valence-electron chi connectivity index (χ4n) is 3.13. The molecule has 6 nitrogen and oxygen atoms in total. The molecule has 0 aliphatic carbocycles. The first kappa shape index (κ1) is 21.8. The van der Waals surface area contributed by atoms with Crippen LogP contribution in [0.4, 0.5) is 5.69 Å². The lowest BCUT2D eigenvalue weighted by Gasteiger charge is -2.25. The Hall–Kier alpha value is -2.54. The van der Waals surface area contributed by atoms with Crippen molar-refractivity contribution in [3.8, 4) is 5.75 Å². The van der Waals surface area contributed by atoms with Gasteiger partial charge in [0.25, 0.3) is 0 Å². The summed E-state index contributed by atoms with van der Waals surface area (Å²) < 4.78 is 31.0. The molecule has 0 radical (unpaired) electrons. The summed E-state index contributed by atoms with van der Waals surface area (Å²) in [7, 11) is -1.98.